The molecule has 3 aromatic rings. The average Bonchev–Trinajstić information content (AvgIpc) is 2.68. The van der Waals surface area contributed by atoms with Gasteiger partial charge in [0.2, 0.25) is 10.0 Å². The van der Waals surface area contributed by atoms with Gasteiger partial charge in [-0.05, 0) is 42.0 Å². The molecular formula is C19H17N3O3S. The summed E-state index contributed by atoms with van der Waals surface area (Å²) in [5, 5.41) is 2.76. The van der Waals surface area contributed by atoms with Crippen molar-refractivity contribution < 1.29 is 13.2 Å². The van der Waals surface area contributed by atoms with Crippen LogP contribution in [0.1, 0.15) is 15.9 Å². The van der Waals surface area contributed by atoms with Crippen LogP contribution in [-0.4, -0.2) is 19.3 Å². The zero-order valence-corrected chi connectivity index (χ0v) is 14.6. The van der Waals surface area contributed by atoms with E-state index in [-0.39, 0.29) is 17.3 Å². The summed E-state index contributed by atoms with van der Waals surface area (Å²) in [5.41, 5.74) is 1.89. The van der Waals surface area contributed by atoms with Gasteiger partial charge in [-0.2, -0.15) is 0 Å². The van der Waals surface area contributed by atoms with Gasteiger partial charge in [0.25, 0.3) is 5.91 Å². The predicted octanol–water partition coefficient (Wildman–Crippen LogP) is 2.81. The molecule has 0 aliphatic rings. The topological polar surface area (TPSA) is 88.2 Å². The normalized spacial score (nSPS) is 11.1. The summed E-state index contributed by atoms with van der Waals surface area (Å²) in [5.74, 6) is -0.243. The molecule has 0 spiro atoms. The van der Waals surface area contributed by atoms with E-state index in [1.165, 1.54) is 12.1 Å². The second kappa shape index (κ2) is 7.90. The lowest BCUT2D eigenvalue weighted by atomic mass is 10.1. The van der Waals surface area contributed by atoms with Crippen molar-refractivity contribution in [3.8, 4) is 0 Å². The van der Waals surface area contributed by atoms with Crippen molar-refractivity contribution in [1.29, 1.82) is 0 Å². The van der Waals surface area contributed by atoms with E-state index < -0.39 is 10.0 Å². The molecule has 0 radical (unpaired) electrons. The highest BCUT2D eigenvalue weighted by molar-refractivity contribution is 7.89. The van der Waals surface area contributed by atoms with E-state index in [1.54, 1.807) is 67.0 Å². The van der Waals surface area contributed by atoms with Crippen LogP contribution < -0.4 is 10.0 Å². The third-order valence-corrected chi connectivity index (χ3v) is 5.09. The first-order valence-corrected chi connectivity index (χ1v) is 9.38. The summed E-state index contributed by atoms with van der Waals surface area (Å²) in [6, 6.07) is 18.3. The number of amides is 1. The van der Waals surface area contributed by atoms with Gasteiger partial charge in [0, 0.05) is 30.2 Å². The van der Waals surface area contributed by atoms with Crippen molar-refractivity contribution in [3.63, 3.8) is 0 Å². The molecule has 0 aliphatic carbocycles. The molecular weight excluding hydrogens is 350 g/mol. The molecule has 2 N–H and O–H groups in total. The van der Waals surface area contributed by atoms with Crippen LogP contribution in [0.3, 0.4) is 0 Å². The van der Waals surface area contributed by atoms with Crippen LogP contribution in [0.4, 0.5) is 5.69 Å². The van der Waals surface area contributed by atoms with Crippen LogP contribution in [0.5, 0.6) is 0 Å². The van der Waals surface area contributed by atoms with E-state index in [1.807, 2.05) is 0 Å². The van der Waals surface area contributed by atoms with Gasteiger partial charge in [0.05, 0.1) is 4.90 Å². The minimum atomic E-state index is -3.56. The lowest BCUT2D eigenvalue weighted by Crippen LogP contribution is -2.23. The molecule has 0 unspecified atom stereocenters. The molecule has 0 fully saturated rings. The quantitative estimate of drug-likeness (QED) is 0.701. The summed E-state index contributed by atoms with van der Waals surface area (Å²) >= 11 is 0. The summed E-state index contributed by atoms with van der Waals surface area (Å²) in [6.07, 6.45) is 3.19. The third kappa shape index (κ3) is 4.53. The van der Waals surface area contributed by atoms with Gasteiger partial charge < -0.3 is 5.32 Å². The van der Waals surface area contributed by atoms with E-state index in [0.29, 0.717) is 11.3 Å². The number of hydrogen-bond donors (Lipinski definition) is 2. The number of anilines is 1. The molecule has 7 heteroatoms. The molecule has 0 saturated carbocycles. The molecule has 0 saturated heterocycles. The van der Waals surface area contributed by atoms with Gasteiger partial charge in [-0.25, -0.2) is 13.1 Å². The summed E-state index contributed by atoms with van der Waals surface area (Å²) in [4.78, 5) is 16.3. The summed E-state index contributed by atoms with van der Waals surface area (Å²) < 4.78 is 27.0. The maximum atomic E-state index is 12.2. The first-order chi connectivity index (χ1) is 12.5. The van der Waals surface area contributed by atoms with Crippen LogP contribution in [0.2, 0.25) is 0 Å². The Kier molecular flexibility index (Phi) is 5.40. The fourth-order valence-corrected chi connectivity index (χ4v) is 3.31. The molecule has 3 rings (SSSR count). The van der Waals surface area contributed by atoms with Crippen molar-refractivity contribution in [2.75, 3.05) is 5.32 Å². The monoisotopic (exact) mass is 367 g/mol. The Morgan fingerprint density at radius 1 is 0.885 bits per heavy atom. The van der Waals surface area contributed by atoms with E-state index in [9.17, 15) is 13.2 Å². The third-order valence-electron chi connectivity index (χ3n) is 3.67. The standard InChI is InChI=1S/C19H17N3O3S/c23-19(22-17-10-12-20-13-11-17)16-8-6-15(7-9-16)14-21-26(24,25)18-4-2-1-3-5-18/h1-13,21H,14H2,(H,20,22,23). The molecule has 0 bridgehead atoms. The van der Waals surface area contributed by atoms with Crippen LogP contribution in [0.25, 0.3) is 0 Å². The van der Waals surface area contributed by atoms with E-state index in [2.05, 4.69) is 15.0 Å². The van der Waals surface area contributed by atoms with Gasteiger partial charge in [-0.3, -0.25) is 9.78 Å². The second-order valence-corrected chi connectivity index (χ2v) is 7.29. The summed E-state index contributed by atoms with van der Waals surface area (Å²) in [7, 11) is -3.56. The number of rotatable bonds is 6. The number of sulfonamides is 1. The number of benzene rings is 2. The fraction of sp³-hybridized carbons (Fsp3) is 0.0526. The Bertz CT molecular complexity index is 974. The van der Waals surface area contributed by atoms with Crippen LogP contribution in [0, 0.1) is 0 Å². The fourth-order valence-electron chi connectivity index (χ4n) is 2.27. The van der Waals surface area contributed by atoms with Crippen molar-refractivity contribution in [3.05, 3.63) is 90.3 Å². The van der Waals surface area contributed by atoms with Gasteiger partial charge in [-0.15, -0.1) is 0 Å². The van der Waals surface area contributed by atoms with E-state index in [0.717, 1.165) is 5.56 Å². The van der Waals surface area contributed by atoms with Crippen molar-refractivity contribution in [2.24, 2.45) is 0 Å². The van der Waals surface area contributed by atoms with E-state index in [4.69, 9.17) is 0 Å². The molecule has 0 aliphatic heterocycles. The Morgan fingerprint density at radius 2 is 1.54 bits per heavy atom. The largest absolute Gasteiger partial charge is 0.322 e. The number of carbonyl (C=O) groups is 1. The minimum Gasteiger partial charge on any atom is -0.322 e. The number of carbonyl (C=O) groups excluding carboxylic acids is 1. The maximum Gasteiger partial charge on any atom is 0.255 e. The van der Waals surface area contributed by atoms with E-state index >= 15 is 0 Å². The van der Waals surface area contributed by atoms with Crippen LogP contribution >= 0.6 is 0 Å². The first-order valence-electron chi connectivity index (χ1n) is 7.90. The molecule has 6 nitrogen and oxygen atoms in total. The summed E-state index contributed by atoms with van der Waals surface area (Å²) in [6.45, 7) is 0.142. The highest BCUT2D eigenvalue weighted by Gasteiger charge is 2.13. The highest BCUT2D eigenvalue weighted by atomic mass is 32.2. The number of aromatic nitrogens is 1. The predicted molar refractivity (Wildman–Crippen MR) is 99.1 cm³/mol. The maximum absolute atomic E-state index is 12.2. The lowest BCUT2D eigenvalue weighted by Gasteiger charge is -2.08. The van der Waals surface area contributed by atoms with Gasteiger partial charge in [0.1, 0.15) is 0 Å². The SMILES string of the molecule is O=C(Nc1ccncc1)c1ccc(CNS(=O)(=O)c2ccccc2)cc1. The smallest absolute Gasteiger partial charge is 0.255 e. The highest BCUT2D eigenvalue weighted by Crippen LogP contribution is 2.11. The first kappa shape index (κ1) is 17.8. The van der Waals surface area contributed by atoms with Crippen molar-refractivity contribution in [2.45, 2.75) is 11.4 Å². The van der Waals surface area contributed by atoms with Gasteiger partial charge in [0.15, 0.2) is 0 Å². The Labute approximate surface area is 152 Å². The molecule has 1 aromatic heterocycles. The zero-order valence-electron chi connectivity index (χ0n) is 13.8. The minimum absolute atomic E-state index is 0.142. The van der Waals surface area contributed by atoms with Crippen molar-refractivity contribution >= 4 is 21.6 Å². The lowest BCUT2D eigenvalue weighted by molar-refractivity contribution is 0.102. The van der Waals surface area contributed by atoms with Gasteiger partial charge >= 0.3 is 0 Å². The molecule has 0 atom stereocenters. The molecule has 2 aromatic carbocycles. The second-order valence-electron chi connectivity index (χ2n) is 5.52. The Balaban J connectivity index is 1.62. The Hall–Kier alpha value is -3.03. The molecule has 1 amide bonds. The zero-order chi connectivity index (χ0) is 18.4. The van der Waals surface area contributed by atoms with Crippen molar-refractivity contribution in [1.82, 2.24) is 9.71 Å². The number of nitrogens with zero attached hydrogens (tertiary/aromatic N) is 1. The Morgan fingerprint density at radius 3 is 2.19 bits per heavy atom. The molecule has 132 valence electrons. The van der Waals surface area contributed by atoms with Crippen LogP contribution in [-0.2, 0) is 16.6 Å². The number of pyridine rings is 1. The molecule has 26 heavy (non-hydrogen) atoms. The average molecular weight is 367 g/mol. The molecule has 1 heterocycles. The number of hydrogen-bond acceptors (Lipinski definition) is 4. The number of nitrogens with one attached hydrogen (secondary N) is 2. The van der Waals surface area contributed by atoms with Crippen LogP contribution in [0.15, 0.2) is 84.0 Å². The van der Waals surface area contributed by atoms with Gasteiger partial charge in [-0.1, -0.05) is 30.3 Å².